The second kappa shape index (κ2) is 7.84. The van der Waals surface area contributed by atoms with Crippen molar-refractivity contribution in [2.24, 2.45) is 11.3 Å². The first kappa shape index (κ1) is 18.0. The Morgan fingerprint density at radius 3 is 2.10 bits per heavy atom. The molecule has 120 valence electrons. The third-order valence-electron chi connectivity index (χ3n) is 4.54. The molecule has 0 aromatic rings. The van der Waals surface area contributed by atoms with E-state index in [1.54, 1.807) is 0 Å². The molecule has 0 bridgehead atoms. The summed E-state index contributed by atoms with van der Waals surface area (Å²) in [6.07, 6.45) is 2.31. The molecule has 1 fully saturated rings. The third kappa shape index (κ3) is 3.80. The summed E-state index contributed by atoms with van der Waals surface area (Å²) < 4.78 is 0. The van der Waals surface area contributed by atoms with Gasteiger partial charge in [-0.15, -0.1) is 0 Å². The Labute approximate surface area is 132 Å². The van der Waals surface area contributed by atoms with Gasteiger partial charge in [0.15, 0.2) is 5.11 Å². The smallest absolute Gasteiger partial charge is 0.242 e. The molecule has 1 aliphatic rings. The summed E-state index contributed by atoms with van der Waals surface area (Å²) in [5.41, 5.74) is -1.01. The molecule has 2 amide bonds. The quantitative estimate of drug-likeness (QED) is 0.529. The van der Waals surface area contributed by atoms with Crippen molar-refractivity contribution in [3.05, 3.63) is 0 Å². The Kier molecular flexibility index (Phi) is 6.74. The maximum Gasteiger partial charge on any atom is 0.242 e. The van der Waals surface area contributed by atoms with Crippen molar-refractivity contribution in [3.8, 4) is 0 Å². The number of thiocarbonyl (C=S) groups is 1. The number of nitrogens with zero attached hydrogens (tertiary/aromatic N) is 1. The molecule has 21 heavy (non-hydrogen) atoms. The Hall–Kier alpha value is -1.01. The van der Waals surface area contributed by atoms with Crippen LogP contribution in [0.2, 0.25) is 0 Å². The van der Waals surface area contributed by atoms with E-state index in [0.717, 1.165) is 32.5 Å². The first-order valence-electron chi connectivity index (χ1n) is 7.81. The van der Waals surface area contributed by atoms with E-state index in [9.17, 15) is 9.59 Å². The van der Waals surface area contributed by atoms with Gasteiger partial charge in [-0.25, -0.2) is 0 Å². The third-order valence-corrected chi connectivity index (χ3v) is 4.75. The Balaban J connectivity index is 3.02. The zero-order chi connectivity index (χ0) is 16.0. The molecule has 1 saturated heterocycles. The van der Waals surface area contributed by atoms with Gasteiger partial charge in [-0.3, -0.25) is 9.59 Å². The van der Waals surface area contributed by atoms with Crippen LogP contribution in [0, 0.1) is 11.3 Å². The Bertz CT molecular complexity index is 388. The highest BCUT2D eigenvalue weighted by atomic mass is 32.1. The molecule has 0 aromatic carbocycles. The van der Waals surface area contributed by atoms with Gasteiger partial charge in [-0.05, 0) is 50.6 Å². The lowest BCUT2D eigenvalue weighted by atomic mass is 9.69. The summed E-state index contributed by atoms with van der Waals surface area (Å²) in [5, 5.41) is 5.40. The fraction of sp³-hybridized carbons (Fsp3) is 0.800. The highest BCUT2D eigenvalue weighted by Gasteiger charge is 2.52. The van der Waals surface area contributed by atoms with Crippen molar-refractivity contribution in [1.82, 2.24) is 15.5 Å². The van der Waals surface area contributed by atoms with Crippen LogP contribution in [0.25, 0.3) is 0 Å². The van der Waals surface area contributed by atoms with Crippen LogP contribution in [-0.4, -0.2) is 41.5 Å². The van der Waals surface area contributed by atoms with Crippen LogP contribution in [0.1, 0.15) is 47.0 Å². The SMILES string of the molecule is CCCC(C)C1(CCN(CC)CC)C(=O)NC(=S)NC1=O. The van der Waals surface area contributed by atoms with Crippen LogP contribution >= 0.6 is 12.2 Å². The molecule has 0 spiro atoms. The van der Waals surface area contributed by atoms with Gasteiger partial charge in [0.2, 0.25) is 11.8 Å². The number of carbonyl (C=O) groups excluding carboxylic acids is 2. The minimum atomic E-state index is -1.01. The zero-order valence-corrected chi connectivity index (χ0v) is 14.3. The molecule has 6 heteroatoms. The number of nitrogens with one attached hydrogen (secondary N) is 2. The molecule has 0 saturated carbocycles. The van der Waals surface area contributed by atoms with Crippen molar-refractivity contribution in [2.75, 3.05) is 19.6 Å². The predicted octanol–water partition coefficient (Wildman–Crippen LogP) is 1.67. The van der Waals surface area contributed by atoms with Gasteiger partial charge < -0.3 is 15.5 Å². The van der Waals surface area contributed by atoms with E-state index in [1.807, 2.05) is 6.92 Å². The summed E-state index contributed by atoms with van der Waals surface area (Å²) in [4.78, 5) is 27.4. The Morgan fingerprint density at radius 1 is 1.14 bits per heavy atom. The number of hydrogen-bond donors (Lipinski definition) is 2. The molecule has 5 nitrogen and oxygen atoms in total. The molecule has 1 rings (SSSR count). The first-order valence-corrected chi connectivity index (χ1v) is 8.22. The average Bonchev–Trinajstić information content (AvgIpc) is 2.42. The van der Waals surface area contributed by atoms with E-state index in [-0.39, 0.29) is 22.8 Å². The van der Waals surface area contributed by atoms with Crippen LogP contribution in [0.3, 0.4) is 0 Å². The second-order valence-corrected chi connectivity index (χ2v) is 6.08. The van der Waals surface area contributed by atoms with Crippen LogP contribution < -0.4 is 10.6 Å². The van der Waals surface area contributed by atoms with Crippen molar-refractivity contribution in [1.29, 1.82) is 0 Å². The van der Waals surface area contributed by atoms with Gasteiger partial charge in [0, 0.05) is 0 Å². The fourth-order valence-corrected chi connectivity index (χ4v) is 3.22. The van der Waals surface area contributed by atoms with E-state index >= 15 is 0 Å². The van der Waals surface area contributed by atoms with E-state index in [2.05, 4.69) is 36.3 Å². The minimum Gasteiger partial charge on any atom is -0.304 e. The molecule has 0 aromatic heterocycles. The van der Waals surface area contributed by atoms with Gasteiger partial charge in [0.1, 0.15) is 5.41 Å². The van der Waals surface area contributed by atoms with Gasteiger partial charge >= 0.3 is 0 Å². The monoisotopic (exact) mass is 313 g/mol. The molecule has 0 radical (unpaired) electrons. The maximum atomic E-state index is 12.6. The van der Waals surface area contributed by atoms with Crippen molar-refractivity contribution in [3.63, 3.8) is 0 Å². The predicted molar refractivity (Wildman–Crippen MR) is 87.8 cm³/mol. The topological polar surface area (TPSA) is 61.4 Å². The van der Waals surface area contributed by atoms with Crippen LogP contribution in [0.15, 0.2) is 0 Å². The number of amides is 2. The summed E-state index contributed by atoms with van der Waals surface area (Å²) in [7, 11) is 0. The lowest BCUT2D eigenvalue weighted by Gasteiger charge is -2.40. The van der Waals surface area contributed by atoms with Crippen LogP contribution in [-0.2, 0) is 9.59 Å². The van der Waals surface area contributed by atoms with Gasteiger partial charge in [-0.2, -0.15) is 0 Å². The fourth-order valence-electron chi connectivity index (χ4n) is 3.04. The molecule has 1 heterocycles. The van der Waals surface area contributed by atoms with E-state index in [1.165, 1.54) is 0 Å². The standard InChI is InChI=1S/C15H27N3O2S/c1-5-8-11(4)15(9-10-18(6-2)7-3)12(19)16-14(21)17-13(15)20/h11H,5-10H2,1-4H3,(H2,16,17,19,20,21). The van der Waals surface area contributed by atoms with E-state index in [4.69, 9.17) is 12.2 Å². The summed E-state index contributed by atoms with van der Waals surface area (Å²) in [5.74, 6) is -0.505. The summed E-state index contributed by atoms with van der Waals surface area (Å²) in [6, 6.07) is 0. The molecule has 0 aliphatic carbocycles. The van der Waals surface area contributed by atoms with Gasteiger partial charge in [0.05, 0.1) is 0 Å². The lowest BCUT2D eigenvalue weighted by molar-refractivity contribution is -0.148. The van der Waals surface area contributed by atoms with E-state index < -0.39 is 5.41 Å². The van der Waals surface area contributed by atoms with Crippen molar-refractivity contribution >= 4 is 29.1 Å². The van der Waals surface area contributed by atoms with Crippen LogP contribution in [0.4, 0.5) is 0 Å². The summed E-state index contributed by atoms with van der Waals surface area (Å²) in [6.45, 7) is 10.8. The zero-order valence-electron chi connectivity index (χ0n) is 13.5. The molecule has 1 unspecified atom stereocenters. The average molecular weight is 313 g/mol. The molecule has 1 aliphatic heterocycles. The molecular weight excluding hydrogens is 286 g/mol. The highest BCUT2D eigenvalue weighted by molar-refractivity contribution is 7.80. The van der Waals surface area contributed by atoms with E-state index in [0.29, 0.717) is 6.42 Å². The first-order chi connectivity index (χ1) is 9.92. The van der Waals surface area contributed by atoms with Crippen LogP contribution in [0.5, 0.6) is 0 Å². The van der Waals surface area contributed by atoms with Crippen molar-refractivity contribution in [2.45, 2.75) is 47.0 Å². The number of carbonyl (C=O) groups is 2. The molecular formula is C15H27N3O2S. The lowest BCUT2D eigenvalue weighted by Crippen LogP contribution is -2.65. The normalized spacial score (nSPS) is 19.4. The number of hydrogen-bond acceptors (Lipinski definition) is 4. The highest BCUT2D eigenvalue weighted by Crippen LogP contribution is 2.37. The Morgan fingerprint density at radius 2 is 1.67 bits per heavy atom. The second-order valence-electron chi connectivity index (χ2n) is 5.68. The number of rotatable bonds is 8. The minimum absolute atomic E-state index is 0.0128. The molecule has 1 atom stereocenters. The van der Waals surface area contributed by atoms with Crippen molar-refractivity contribution < 1.29 is 9.59 Å². The van der Waals surface area contributed by atoms with Gasteiger partial charge in [-0.1, -0.05) is 34.1 Å². The molecule has 2 N–H and O–H groups in total. The maximum absolute atomic E-state index is 12.6. The van der Waals surface area contributed by atoms with Gasteiger partial charge in [0.25, 0.3) is 0 Å². The summed E-state index contributed by atoms with van der Waals surface area (Å²) >= 11 is 4.92. The largest absolute Gasteiger partial charge is 0.304 e.